The Labute approximate surface area is 127 Å². The Morgan fingerprint density at radius 3 is 2.62 bits per heavy atom. The maximum atomic E-state index is 5.40. The normalized spacial score (nSPS) is 10.6. The van der Waals surface area contributed by atoms with Crippen molar-refractivity contribution in [3.63, 3.8) is 0 Å². The van der Waals surface area contributed by atoms with Gasteiger partial charge in [0.05, 0.1) is 30.1 Å². The fraction of sp³-hybridized carbons (Fsp3) is 0.188. The molecule has 0 fully saturated rings. The molecule has 0 spiro atoms. The van der Waals surface area contributed by atoms with Gasteiger partial charge in [0.25, 0.3) is 0 Å². The molecule has 1 heterocycles. The molecule has 1 N–H and O–H groups in total. The molecule has 0 bridgehead atoms. The summed E-state index contributed by atoms with van der Waals surface area (Å²) in [4.78, 5) is 4.68. The molecule has 0 aliphatic heterocycles. The molecule has 0 radical (unpaired) electrons. The number of thiazole rings is 1. The van der Waals surface area contributed by atoms with Crippen LogP contribution in [-0.4, -0.2) is 26.3 Å². The van der Waals surface area contributed by atoms with Crippen LogP contribution < -0.4 is 14.8 Å². The molecule has 3 aromatic rings. The molecule has 3 rings (SSSR count). The van der Waals surface area contributed by atoms with Crippen molar-refractivity contribution in [2.24, 2.45) is 0 Å². The van der Waals surface area contributed by atoms with Crippen molar-refractivity contribution in [3.8, 4) is 22.1 Å². The van der Waals surface area contributed by atoms with Gasteiger partial charge in [0.2, 0.25) is 0 Å². The smallest absolute Gasteiger partial charge is 0.142 e. The molecular formula is C16H16N2O2S. The van der Waals surface area contributed by atoms with Gasteiger partial charge in [-0.2, -0.15) is 0 Å². The van der Waals surface area contributed by atoms with Crippen LogP contribution in [0.2, 0.25) is 0 Å². The number of rotatable bonds is 4. The van der Waals surface area contributed by atoms with E-state index in [1.165, 1.54) is 0 Å². The number of nitrogens with zero attached hydrogens (tertiary/aromatic N) is 1. The van der Waals surface area contributed by atoms with Gasteiger partial charge in [-0.3, -0.25) is 0 Å². The van der Waals surface area contributed by atoms with Gasteiger partial charge in [-0.1, -0.05) is 0 Å². The van der Waals surface area contributed by atoms with Crippen LogP contribution in [0.3, 0.4) is 0 Å². The molecule has 108 valence electrons. The zero-order valence-corrected chi connectivity index (χ0v) is 13.0. The predicted octanol–water partition coefficient (Wildman–Crippen LogP) is 4.02. The highest BCUT2D eigenvalue weighted by atomic mass is 32.1. The standard InChI is InChI=1S/C16H16N2O2S/c1-17-12-6-4-10(8-14(12)20-3)16-18-13-7-5-11(19-2)9-15(13)21-16/h4-9,17H,1-3H3. The number of anilines is 1. The van der Waals surface area contributed by atoms with Gasteiger partial charge in [0.1, 0.15) is 16.5 Å². The summed E-state index contributed by atoms with van der Waals surface area (Å²) in [7, 11) is 5.22. The molecule has 2 aromatic carbocycles. The zero-order chi connectivity index (χ0) is 14.8. The Kier molecular flexibility index (Phi) is 3.66. The molecule has 4 nitrogen and oxygen atoms in total. The highest BCUT2D eigenvalue weighted by Crippen LogP contribution is 2.35. The van der Waals surface area contributed by atoms with Crippen LogP contribution in [0.5, 0.6) is 11.5 Å². The summed E-state index contributed by atoms with van der Waals surface area (Å²) in [5.41, 5.74) is 2.99. The first kappa shape index (κ1) is 13.7. The van der Waals surface area contributed by atoms with Crippen molar-refractivity contribution in [3.05, 3.63) is 36.4 Å². The van der Waals surface area contributed by atoms with E-state index >= 15 is 0 Å². The van der Waals surface area contributed by atoms with Crippen LogP contribution in [0.1, 0.15) is 0 Å². The SMILES string of the molecule is CNc1ccc(-c2nc3ccc(OC)cc3s2)cc1OC. The lowest BCUT2D eigenvalue weighted by atomic mass is 10.2. The molecule has 0 saturated heterocycles. The number of benzene rings is 2. The van der Waals surface area contributed by atoms with E-state index in [2.05, 4.69) is 10.3 Å². The van der Waals surface area contributed by atoms with E-state index in [1.54, 1.807) is 25.6 Å². The molecule has 5 heteroatoms. The Balaban J connectivity index is 2.07. The number of methoxy groups -OCH3 is 2. The molecule has 0 atom stereocenters. The first-order valence-electron chi connectivity index (χ1n) is 6.56. The van der Waals surface area contributed by atoms with Gasteiger partial charge >= 0.3 is 0 Å². The number of aromatic nitrogens is 1. The maximum absolute atomic E-state index is 5.40. The van der Waals surface area contributed by atoms with Gasteiger partial charge < -0.3 is 14.8 Å². The summed E-state index contributed by atoms with van der Waals surface area (Å²) in [6.07, 6.45) is 0. The summed E-state index contributed by atoms with van der Waals surface area (Å²) >= 11 is 1.65. The minimum absolute atomic E-state index is 0.812. The Morgan fingerprint density at radius 2 is 1.90 bits per heavy atom. The summed E-state index contributed by atoms with van der Waals surface area (Å²) in [5, 5.41) is 4.08. The van der Waals surface area contributed by atoms with Crippen LogP contribution in [0.25, 0.3) is 20.8 Å². The largest absolute Gasteiger partial charge is 0.497 e. The third-order valence-corrected chi connectivity index (χ3v) is 4.38. The number of hydrogen-bond acceptors (Lipinski definition) is 5. The zero-order valence-electron chi connectivity index (χ0n) is 12.1. The van der Waals surface area contributed by atoms with Gasteiger partial charge in [-0.15, -0.1) is 11.3 Å². The Hall–Kier alpha value is -2.27. The quantitative estimate of drug-likeness (QED) is 0.790. The van der Waals surface area contributed by atoms with E-state index in [0.29, 0.717) is 0 Å². The van der Waals surface area contributed by atoms with Crippen molar-refractivity contribution in [2.45, 2.75) is 0 Å². The monoisotopic (exact) mass is 300 g/mol. The fourth-order valence-corrected chi connectivity index (χ4v) is 3.18. The molecule has 0 saturated carbocycles. The van der Waals surface area contributed by atoms with E-state index in [-0.39, 0.29) is 0 Å². The Bertz CT molecular complexity index is 783. The minimum atomic E-state index is 0.812. The summed E-state index contributed by atoms with van der Waals surface area (Å²) in [5.74, 6) is 1.66. The topological polar surface area (TPSA) is 43.4 Å². The number of nitrogens with one attached hydrogen (secondary N) is 1. The number of hydrogen-bond donors (Lipinski definition) is 1. The van der Waals surface area contributed by atoms with Crippen molar-refractivity contribution >= 4 is 27.2 Å². The lowest BCUT2D eigenvalue weighted by molar-refractivity contribution is 0.415. The van der Waals surface area contributed by atoms with Crippen LogP contribution in [-0.2, 0) is 0 Å². The number of ether oxygens (including phenoxy) is 2. The minimum Gasteiger partial charge on any atom is -0.497 e. The van der Waals surface area contributed by atoms with Crippen molar-refractivity contribution in [2.75, 3.05) is 26.6 Å². The summed E-state index contributed by atoms with van der Waals surface area (Å²) < 4.78 is 11.8. The predicted molar refractivity (Wildman–Crippen MR) is 87.7 cm³/mol. The average Bonchev–Trinajstić information content (AvgIpc) is 2.96. The van der Waals surface area contributed by atoms with Crippen LogP contribution in [0.15, 0.2) is 36.4 Å². The van der Waals surface area contributed by atoms with Crippen molar-refractivity contribution in [1.29, 1.82) is 0 Å². The second-order valence-electron chi connectivity index (χ2n) is 4.52. The third-order valence-electron chi connectivity index (χ3n) is 3.31. The fourth-order valence-electron chi connectivity index (χ4n) is 2.19. The first-order valence-corrected chi connectivity index (χ1v) is 7.37. The molecule has 0 aliphatic rings. The van der Waals surface area contributed by atoms with Crippen LogP contribution in [0, 0.1) is 0 Å². The average molecular weight is 300 g/mol. The van der Waals surface area contributed by atoms with Gasteiger partial charge in [-0.25, -0.2) is 4.98 Å². The highest BCUT2D eigenvalue weighted by molar-refractivity contribution is 7.21. The number of fused-ring (bicyclic) bond motifs is 1. The van der Waals surface area contributed by atoms with E-state index in [4.69, 9.17) is 9.47 Å². The van der Waals surface area contributed by atoms with E-state index < -0.39 is 0 Å². The molecule has 21 heavy (non-hydrogen) atoms. The lowest BCUT2D eigenvalue weighted by Crippen LogP contribution is -1.93. The molecule has 0 aliphatic carbocycles. The highest BCUT2D eigenvalue weighted by Gasteiger charge is 2.10. The lowest BCUT2D eigenvalue weighted by Gasteiger charge is -2.08. The molecular weight excluding hydrogens is 284 g/mol. The maximum Gasteiger partial charge on any atom is 0.142 e. The summed E-state index contributed by atoms with van der Waals surface area (Å²) in [6, 6.07) is 12.0. The second kappa shape index (κ2) is 5.61. The third kappa shape index (κ3) is 2.52. The molecule has 0 amide bonds. The molecule has 1 aromatic heterocycles. The van der Waals surface area contributed by atoms with E-state index in [9.17, 15) is 0 Å². The molecule has 0 unspecified atom stereocenters. The van der Waals surface area contributed by atoms with E-state index in [0.717, 1.165) is 38.0 Å². The van der Waals surface area contributed by atoms with Gasteiger partial charge in [0.15, 0.2) is 0 Å². The van der Waals surface area contributed by atoms with Gasteiger partial charge in [-0.05, 0) is 36.4 Å². The Morgan fingerprint density at radius 1 is 1.05 bits per heavy atom. The van der Waals surface area contributed by atoms with Crippen molar-refractivity contribution < 1.29 is 9.47 Å². The first-order chi connectivity index (χ1) is 10.2. The van der Waals surface area contributed by atoms with Crippen LogP contribution >= 0.6 is 11.3 Å². The van der Waals surface area contributed by atoms with Crippen molar-refractivity contribution in [1.82, 2.24) is 4.98 Å². The summed E-state index contributed by atoms with van der Waals surface area (Å²) in [6.45, 7) is 0. The van der Waals surface area contributed by atoms with E-state index in [1.807, 2.05) is 43.4 Å². The second-order valence-corrected chi connectivity index (χ2v) is 5.55. The van der Waals surface area contributed by atoms with Gasteiger partial charge in [0, 0.05) is 12.6 Å². The van der Waals surface area contributed by atoms with Crippen LogP contribution in [0.4, 0.5) is 5.69 Å².